The summed E-state index contributed by atoms with van der Waals surface area (Å²) < 4.78 is 31.8. The van der Waals surface area contributed by atoms with E-state index in [1.54, 1.807) is 19.1 Å². The zero-order valence-corrected chi connectivity index (χ0v) is 10.6. The highest BCUT2D eigenvalue weighted by Crippen LogP contribution is 2.27. The SMILES string of the molecule is Cc1cc(Oc2cccc(F)c2F)ccc1/C(N)=N/O. The highest BCUT2D eigenvalue weighted by Gasteiger charge is 2.11. The highest BCUT2D eigenvalue weighted by molar-refractivity contribution is 5.98. The molecule has 0 fully saturated rings. The number of nitrogens with two attached hydrogens (primary N) is 1. The lowest BCUT2D eigenvalue weighted by molar-refractivity contribution is 0.318. The molecule has 0 radical (unpaired) electrons. The number of rotatable bonds is 3. The zero-order valence-electron chi connectivity index (χ0n) is 10.6. The third-order valence-electron chi connectivity index (χ3n) is 2.73. The summed E-state index contributed by atoms with van der Waals surface area (Å²) in [7, 11) is 0. The van der Waals surface area contributed by atoms with Gasteiger partial charge in [0.05, 0.1) is 0 Å². The number of aryl methyl sites for hydroxylation is 1. The van der Waals surface area contributed by atoms with Crippen LogP contribution in [0.25, 0.3) is 0 Å². The van der Waals surface area contributed by atoms with Gasteiger partial charge >= 0.3 is 0 Å². The Morgan fingerprint density at radius 2 is 2.00 bits per heavy atom. The van der Waals surface area contributed by atoms with E-state index in [2.05, 4.69) is 5.16 Å². The van der Waals surface area contributed by atoms with E-state index in [0.717, 1.165) is 6.07 Å². The van der Waals surface area contributed by atoms with Crippen molar-refractivity contribution in [2.45, 2.75) is 6.92 Å². The summed E-state index contributed by atoms with van der Waals surface area (Å²) in [5.41, 5.74) is 6.69. The Kier molecular flexibility index (Phi) is 3.84. The van der Waals surface area contributed by atoms with Crippen molar-refractivity contribution in [2.24, 2.45) is 10.9 Å². The van der Waals surface area contributed by atoms with Crippen LogP contribution in [0.4, 0.5) is 8.78 Å². The quantitative estimate of drug-likeness (QED) is 0.392. The molecule has 0 aliphatic rings. The second-order valence-corrected chi connectivity index (χ2v) is 4.12. The van der Waals surface area contributed by atoms with Gasteiger partial charge in [-0.15, -0.1) is 0 Å². The summed E-state index contributed by atoms with van der Waals surface area (Å²) in [6.07, 6.45) is 0. The van der Waals surface area contributed by atoms with Crippen LogP contribution in [0.3, 0.4) is 0 Å². The van der Waals surface area contributed by atoms with E-state index in [-0.39, 0.29) is 11.6 Å². The van der Waals surface area contributed by atoms with Gasteiger partial charge in [0.15, 0.2) is 17.4 Å². The van der Waals surface area contributed by atoms with E-state index in [4.69, 9.17) is 15.7 Å². The zero-order chi connectivity index (χ0) is 14.7. The molecule has 0 unspecified atom stereocenters. The van der Waals surface area contributed by atoms with Gasteiger partial charge in [0, 0.05) is 5.56 Å². The lowest BCUT2D eigenvalue weighted by atomic mass is 10.1. The summed E-state index contributed by atoms with van der Waals surface area (Å²) >= 11 is 0. The largest absolute Gasteiger partial charge is 0.454 e. The van der Waals surface area contributed by atoms with Gasteiger partial charge < -0.3 is 15.7 Å². The Morgan fingerprint density at radius 1 is 1.25 bits per heavy atom. The smallest absolute Gasteiger partial charge is 0.201 e. The normalized spacial score (nSPS) is 11.4. The maximum atomic E-state index is 13.5. The first-order chi connectivity index (χ1) is 9.52. The minimum atomic E-state index is -1.05. The molecular weight excluding hydrogens is 266 g/mol. The Balaban J connectivity index is 2.31. The fourth-order valence-electron chi connectivity index (χ4n) is 1.73. The van der Waals surface area contributed by atoms with E-state index < -0.39 is 11.6 Å². The Labute approximate surface area is 114 Å². The molecule has 6 heteroatoms. The topological polar surface area (TPSA) is 67.8 Å². The summed E-state index contributed by atoms with van der Waals surface area (Å²) in [6.45, 7) is 1.72. The second kappa shape index (κ2) is 5.56. The molecule has 104 valence electrons. The molecule has 0 aliphatic heterocycles. The Hall–Kier alpha value is -2.63. The van der Waals surface area contributed by atoms with Gasteiger partial charge in [-0.1, -0.05) is 11.2 Å². The van der Waals surface area contributed by atoms with Gasteiger partial charge in [-0.05, 0) is 42.8 Å². The third-order valence-corrected chi connectivity index (χ3v) is 2.73. The van der Waals surface area contributed by atoms with Crippen molar-refractivity contribution in [1.29, 1.82) is 0 Å². The van der Waals surface area contributed by atoms with Crippen LogP contribution in [0.1, 0.15) is 11.1 Å². The summed E-state index contributed by atoms with van der Waals surface area (Å²) in [4.78, 5) is 0. The third kappa shape index (κ3) is 2.69. The fourth-order valence-corrected chi connectivity index (χ4v) is 1.73. The summed E-state index contributed by atoms with van der Waals surface area (Å²) in [6, 6.07) is 8.35. The first-order valence-electron chi connectivity index (χ1n) is 5.73. The van der Waals surface area contributed by atoms with Gasteiger partial charge in [-0.3, -0.25) is 0 Å². The van der Waals surface area contributed by atoms with Crippen LogP contribution in [-0.2, 0) is 0 Å². The van der Waals surface area contributed by atoms with E-state index in [0.29, 0.717) is 16.9 Å². The maximum absolute atomic E-state index is 13.5. The van der Waals surface area contributed by atoms with Crippen LogP contribution in [-0.4, -0.2) is 11.0 Å². The van der Waals surface area contributed by atoms with Crippen LogP contribution >= 0.6 is 0 Å². The molecule has 0 aliphatic carbocycles. The molecule has 0 heterocycles. The number of ether oxygens (including phenoxy) is 1. The standard InChI is InChI=1S/C14H12F2N2O2/c1-8-7-9(5-6-10(8)14(17)18-19)20-12-4-2-3-11(15)13(12)16/h2-7,19H,1H3,(H2,17,18). The van der Waals surface area contributed by atoms with Gasteiger partial charge in [0.25, 0.3) is 0 Å². The molecule has 0 amide bonds. The minimum absolute atomic E-state index is 0.0361. The first kappa shape index (κ1) is 13.8. The van der Waals surface area contributed by atoms with E-state index in [1.807, 2.05) is 0 Å². The molecule has 2 rings (SSSR count). The van der Waals surface area contributed by atoms with Crippen molar-refractivity contribution in [2.75, 3.05) is 0 Å². The maximum Gasteiger partial charge on any atom is 0.201 e. The number of halogens is 2. The van der Waals surface area contributed by atoms with E-state index in [1.165, 1.54) is 18.2 Å². The molecular formula is C14H12F2N2O2. The monoisotopic (exact) mass is 278 g/mol. The van der Waals surface area contributed by atoms with Crippen molar-refractivity contribution < 1.29 is 18.7 Å². The Morgan fingerprint density at radius 3 is 2.65 bits per heavy atom. The average Bonchev–Trinajstić information content (AvgIpc) is 2.43. The Bertz CT molecular complexity index is 672. The number of amidine groups is 1. The predicted molar refractivity (Wildman–Crippen MR) is 70.1 cm³/mol. The number of nitrogens with zero attached hydrogens (tertiary/aromatic N) is 1. The number of benzene rings is 2. The molecule has 2 aromatic carbocycles. The van der Waals surface area contributed by atoms with Crippen LogP contribution in [0.5, 0.6) is 11.5 Å². The highest BCUT2D eigenvalue weighted by atomic mass is 19.2. The predicted octanol–water partition coefficient (Wildman–Crippen LogP) is 3.16. The molecule has 3 N–H and O–H groups in total. The van der Waals surface area contributed by atoms with E-state index >= 15 is 0 Å². The molecule has 0 saturated heterocycles. The van der Waals surface area contributed by atoms with Crippen LogP contribution < -0.4 is 10.5 Å². The molecule has 0 aromatic heterocycles. The average molecular weight is 278 g/mol. The molecule has 0 atom stereocenters. The fraction of sp³-hybridized carbons (Fsp3) is 0.0714. The van der Waals surface area contributed by atoms with E-state index in [9.17, 15) is 8.78 Å². The van der Waals surface area contributed by atoms with Crippen molar-refractivity contribution in [3.63, 3.8) is 0 Å². The van der Waals surface area contributed by atoms with Crippen LogP contribution in [0.15, 0.2) is 41.6 Å². The molecule has 0 spiro atoms. The van der Waals surface area contributed by atoms with Crippen LogP contribution in [0.2, 0.25) is 0 Å². The number of hydrogen-bond acceptors (Lipinski definition) is 3. The van der Waals surface area contributed by atoms with Gasteiger partial charge in [0.2, 0.25) is 5.82 Å². The lowest BCUT2D eigenvalue weighted by Gasteiger charge is -2.10. The van der Waals surface area contributed by atoms with Crippen molar-refractivity contribution >= 4 is 5.84 Å². The van der Waals surface area contributed by atoms with Gasteiger partial charge in [-0.2, -0.15) is 4.39 Å². The van der Waals surface area contributed by atoms with Crippen molar-refractivity contribution in [3.8, 4) is 11.5 Å². The second-order valence-electron chi connectivity index (χ2n) is 4.12. The summed E-state index contributed by atoms with van der Waals surface area (Å²) in [5, 5.41) is 11.5. The van der Waals surface area contributed by atoms with Crippen molar-refractivity contribution in [1.82, 2.24) is 0 Å². The molecule has 20 heavy (non-hydrogen) atoms. The minimum Gasteiger partial charge on any atom is -0.454 e. The van der Waals surface area contributed by atoms with Crippen LogP contribution in [0, 0.1) is 18.6 Å². The van der Waals surface area contributed by atoms with Gasteiger partial charge in [-0.25, -0.2) is 4.39 Å². The number of oxime groups is 1. The first-order valence-corrected chi connectivity index (χ1v) is 5.73. The summed E-state index contributed by atoms with van der Waals surface area (Å²) in [5.74, 6) is -1.95. The molecule has 0 bridgehead atoms. The lowest BCUT2D eigenvalue weighted by Crippen LogP contribution is -2.14. The number of hydrogen-bond donors (Lipinski definition) is 2. The molecule has 2 aromatic rings. The van der Waals surface area contributed by atoms with Gasteiger partial charge in [0.1, 0.15) is 5.75 Å². The molecule has 4 nitrogen and oxygen atoms in total. The van der Waals surface area contributed by atoms with Crippen molar-refractivity contribution in [3.05, 3.63) is 59.2 Å². The molecule has 0 saturated carbocycles.